The van der Waals surface area contributed by atoms with Crippen molar-refractivity contribution in [3.63, 3.8) is 0 Å². The smallest absolute Gasteiger partial charge is 0.319 e. The fourth-order valence-corrected chi connectivity index (χ4v) is 3.33. The maximum Gasteiger partial charge on any atom is 0.319 e. The van der Waals surface area contributed by atoms with Gasteiger partial charge in [-0.25, -0.2) is 4.79 Å². The number of anilines is 1. The van der Waals surface area contributed by atoms with E-state index in [1.54, 1.807) is 0 Å². The Bertz CT molecular complexity index is 910. The second kappa shape index (κ2) is 7.80. The van der Waals surface area contributed by atoms with Crippen LogP contribution in [0.3, 0.4) is 0 Å². The van der Waals surface area contributed by atoms with E-state index in [9.17, 15) is 4.79 Å². The number of nitrogens with one attached hydrogen (secondary N) is 2. The summed E-state index contributed by atoms with van der Waals surface area (Å²) in [7, 11) is 0. The van der Waals surface area contributed by atoms with Gasteiger partial charge >= 0.3 is 6.03 Å². The third-order valence-electron chi connectivity index (χ3n) is 4.48. The zero-order valence-corrected chi connectivity index (χ0v) is 17.3. The van der Waals surface area contributed by atoms with Crippen molar-refractivity contribution >= 4 is 11.7 Å². The van der Waals surface area contributed by atoms with Gasteiger partial charge in [0.1, 0.15) is 0 Å². The third-order valence-corrected chi connectivity index (χ3v) is 4.48. The van der Waals surface area contributed by atoms with E-state index in [0.29, 0.717) is 0 Å². The fourth-order valence-electron chi connectivity index (χ4n) is 3.33. The van der Waals surface area contributed by atoms with Crippen molar-refractivity contribution in [2.75, 3.05) is 5.32 Å². The van der Waals surface area contributed by atoms with Crippen molar-refractivity contribution in [3.8, 4) is 0 Å². The second-order valence-electron chi connectivity index (χ2n) is 6.30. The van der Waals surface area contributed by atoms with Crippen LogP contribution < -0.4 is 10.6 Å². The number of urea groups is 1. The van der Waals surface area contributed by atoms with Gasteiger partial charge in [-0.15, -0.1) is 41.8 Å². The largest absolute Gasteiger partial charge is 0.328 e. The Balaban J connectivity index is 0.00000196. The molecule has 2 N–H and O–H groups in total. The third kappa shape index (κ3) is 3.68. The molecule has 2 amide bonds. The second-order valence-corrected chi connectivity index (χ2v) is 6.30. The van der Waals surface area contributed by atoms with Crippen molar-refractivity contribution < 1.29 is 25.9 Å². The topological polar surface area (TPSA) is 41.1 Å². The van der Waals surface area contributed by atoms with Crippen LogP contribution in [0, 0.1) is 13.3 Å². The maximum absolute atomic E-state index is 12.1. The van der Waals surface area contributed by atoms with Gasteiger partial charge in [-0.3, -0.25) is 0 Å². The molecule has 0 saturated heterocycles. The van der Waals surface area contributed by atoms with Gasteiger partial charge < -0.3 is 10.6 Å². The molecule has 0 bridgehead atoms. The molecule has 0 aliphatic carbocycles. The minimum Gasteiger partial charge on any atom is -0.328 e. The molecule has 1 unspecified atom stereocenters. The summed E-state index contributed by atoms with van der Waals surface area (Å²) >= 11 is 0. The number of rotatable bonds is 3. The van der Waals surface area contributed by atoms with Gasteiger partial charge in [0.25, 0.3) is 0 Å². The SMILES string of the molecule is Cc1cc([CH-]c2ccccc2)cc2c1NC(=O)NC2c1ccccc1.[W]. The first-order valence-corrected chi connectivity index (χ1v) is 8.37. The van der Waals surface area contributed by atoms with Crippen LogP contribution in [0.5, 0.6) is 0 Å². The maximum atomic E-state index is 12.1. The monoisotopic (exact) mass is 511 g/mol. The predicted molar refractivity (Wildman–Crippen MR) is 101 cm³/mol. The van der Waals surface area contributed by atoms with Gasteiger partial charge in [-0.2, -0.15) is 0 Å². The van der Waals surface area contributed by atoms with Crippen molar-refractivity contribution in [1.82, 2.24) is 5.32 Å². The first kappa shape index (κ1) is 18.3. The first-order chi connectivity index (χ1) is 12.2. The Morgan fingerprint density at radius 3 is 2.23 bits per heavy atom. The zero-order chi connectivity index (χ0) is 17.2. The van der Waals surface area contributed by atoms with Crippen LogP contribution in [0.25, 0.3) is 0 Å². The molecule has 0 saturated carbocycles. The van der Waals surface area contributed by atoms with Crippen LogP contribution in [-0.4, -0.2) is 6.03 Å². The summed E-state index contributed by atoms with van der Waals surface area (Å²) in [6.45, 7) is 2.04. The summed E-state index contributed by atoms with van der Waals surface area (Å²) in [6.07, 6.45) is 2.16. The molecule has 0 aromatic heterocycles. The standard InChI is InChI=1S/C22H19N2O.W/c1-15-12-17(13-16-8-4-2-5-9-16)14-19-20(15)23-22(25)24-21(19)18-10-6-3-7-11-18;/h2-14,21H,1H3,(H2,23,24,25);/q-1;. The van der Waals surface area contributed by atoms with Crippen LogP contribution in [0.1, 0.15) is 33.9 Å². The molecule has 1 aliphatic rings. The minimum atomic E-state index is -0.163. The molecule has 1 heterocycles. The molecular weight excluding hydrogens is 492 g/mol. The quantitative estimate of drug-likeness (QED) is 0.487. The van der Waals surface area contributed by atoms with Crippen LogP contribution in [0.4, 0.5) is 10.5 Å². The van der Waals surface area contributed by atoms with E-state index in [0.717, 1.165) is 33.5 Å². The Kier molecular flexibility index (Phi) is 5.48. The number of aryl methyl sites for hydroxylation is 1. The molecular formula is C22H19N2OW-. The summed E-state index contributed by atoms with van der Waals surface area (Å²) in [5.74, 6) is 0. The van der Waals surface area contributed by atoms with Gasteiger partial charge in [0.2, 0.25) is 0 Å². The van der Waals surface area contributed by atoms with Gasteiger partial charge in [-0.05, 0) is 18.1 Å². The number of carbonyl (C=O) groups excluding carboxylic acids is 1. The summed E-state index contributed by atoms with van der Waals surface area (Å²) < 4.78 is 0. The van der Waals surface area contributed by atoms with Gasteiger partial charge in [0, 0.05) is 26.8 Å². The summed E-state index contributed by atoms with van der Waals surface area (Å²) in [5, 5.41) is 6.00. The van der Waals surface area contributed by atoms with E-state index >= 15 is 0 Å². The first-order valence-electron chi connectivity index (χ1n) is 8.37. The van der Waals surface area contributed by atoms with E-state index in [-0.39, 0.29) is 33.1 Å². The van der Waals surface area contributed by atoms with Crippen LogP contribution in [0.2, 0.25) is 0 Å². The number of benzene rings is 3. The Labute approximate surface area is 168 Å². The van der Waals surface area contributed by atoms with Crippen molar-refractivity contribution in [2.24, 2.45) is 0 Å². The Morgan fingerprint density at radius 2 is 1.54 bits per heavy atom. The van der Waals surface area contributed by atoms with E-state index in [2.05, 4.69) is 41.3 Å². The molecule has 130 valence electrons. The average molecular weight is 511 g/mol. The Morgan fingerprint density at radius 1 is 0.885 bits per heavy atom. The van der Waals surface area contributed by atoms with Gasteiger partial charge in [0.15, 0.2) is 0 Å². The molecule has 3 aromatic carbocycles. The minimum absolute atomic E-state index is 0. The molecule has 3 nitrogen and oxygen atoms in total. The van der Waals surface area contributed by atoms with Gasteiger partial charge in [-0.1, -0.05) is 54.1 Å². The predicted octanol–water partition coefficient (Wildman–Crippen LogP) is 4.82. The number of fused-ring (bicyclic) bond motifs is 1. The van der Waals surface area contributed by atoms with Crippen LogP contribution in [0.15, 0.2) is 72.8 Å². The molecule has 0 spiro atoms. The molecule has 0 fully saturated rings. The molecule has 4 heteroatoms. The van der Waals surface area contributed by atoms with E-state index in [1.807, 2.05) is 55.5 Å². The molecule has 1 aliphatic heterocycles. The fraction of sp³-hybridized carbons (Fsp3) is 0.0909. The van der Waals surface area contributed by atoms with E-state index in [4.69, 9.17) is 0 Å². The average Bonchev–Trinajstić information content (AvgIpc) is 2.63. The number of amides is 2. The van der Waals surface area contributed by atoms with Gasteiger partial charge in [0.05, 0.1) is 6.04 Å². The summed E-state index contributed by atoms with van der Waals surface area (Å²) in [5.41, 5.74) is 6.42. The molecule has 3 aromatic rings. The molecule has 0 radical (unpaired) electrons. The van der Waals surface area contributed by atoms with E-state index in [1.165, 1.54) is 0 Å². The zero-order valence-electron chi connectivity index (χ0n) is 14.4. The normalized spacial score (nSPS) is 15.1. The molecule has 26 heavy (non-hydrogen) atoms. The Hall–Kier alpha value is -2.51. The summed E-state index contributed by atoms with van der Waals surface area (Å²) in [4.78, 5) is 12.1. The number of hydrogen-bond donors (Lipinski definition) is 2. The molecule has 4 rings (SSSR count). The summed E-state index contributed by atoms with van der Waals surface area (Å²) in [6, 6.07) is 24.3. The number of carbonyl (C=O) groups is 1. The van der Waals surface area contributed by atoms with Crippen molar-refractivity contribution in [2.45, 2.75) is 13.0 Å². The van der Waals surface area contributed by atoms with Crippen LogP contribution in [-0.2, 0) is 21.1 Å². The van der Waals surface area contributed by atoms with E-state index < -0.39 is 0 Å². The molecule has 1 atom stereocenters. The number of hydrogen-bond acceptors (Lipinski definition) is 1. The van der Waals surface area contributed by atoms with Crippen molar-refractivity contribution in [3.05, 3.63) is 107 Å². The van der Waals surface area contributed by atoms with Crippen molar-refractivity contribution in [1.29, 1.82) is 0 Å². The van der Waals surface area contributed by atoms with Crippen LogP contribution >= 0.6 is 0 Å².